The lowest BCUT2D eigenvalue weighted by Crippen LogP contribution is -2.55. The summed E-state index contributed by atoms with van der Waals surface area (Å²) in [5.41, 5.74) is 0.146. The van der Waals surface area contributed by atoms with Gasteiger partial charge in [-0.25, -0.2) is 4.79 Å². The molecule has 0 amide bonds. The Balaban J connectivity index is 2.13. The standard InChI is InChI=1S/C12H15NO2/c1-9-7-12(8-9,11(14)15)13-10-5-3-2-4-6-10/h2-6,9,13H,7-8H2,1H3,(H,14,15). The number of hydrogen-bond acceptors (Lipinski definition) is 2. The Morgan fingerprint density at radius 2 is 2.00 bits per heavy atom. The Bertz CT molecular complexity index is 355. The summed E-state index contributed by atoms with van der Waals surface area (Å²) >= 11 is 0. The third-order valence-electron chi connectivity index (χ3n) is 2.96. The van der Waals surface area contributed by atoms with E-state index in [4.69, 9.17) is 0 Å². The van der Waals surface area contributed by atoms with Crippen molar-refractivity contribution in [3.8, 4) is 0 Å². The Hall–Kier alpha value is -1.51. The number of hydrogen-bond donors (Lipinski definition) is 2. The van der Waals surface area contributed by atoms with E-state index in [-0.39, 0.29) is 0 Å². The number of nitrogens with one attached hydrogen (secondary N) is 1. The molecule has 1 saturated carbocycles. The summed E-state index contributed by atoms with van der Waals surface area (Å²) in [6.45, 7) is 2.08. The maximum atomic E-state index is 11.2. The van der Waals surface area contributed by atoms with Crippen molar-refractivity contribution in [1.29, 1.82) is 0 Å². The molecule has 1 aliphatic carbocycles. The molecule has 1 aromatic carbocycles. The molecule has 0 spiro atoms. The number of carboxylic acid groups (broad SMARTS) is 1. The third kappa shape index (κ3) is 1.82. The molecule has 80 valence electrons. The van der Waals surface area contributed by atoms with E-state index in [1.807, 2.05) is 30.3 Å². The lowest BCUT2D eigenvalue weighted by Gasteiger charge is -2.44. The topological polar surface area (TPSA) is 49.3 Å². The second-order valence-corrected chi connectivity index (χ2v) is 4.39. The van der Waals surface area contributed by atoms with E-state index in [9.17, 15) is 9.90 Å². The van der Waals surface area contributed by atoms with Crippen molar-refractivity contribution in [3.63, 3.8) is 0 Å². The highest BCUT2D eigenvalue weighted by Gasteiger charge is 2.48. The van der Waals surface area contributed by atoms with Crippen LogP contribution < -0.4 is 5.32 Å². The van der Waals surface area contributed by atoms with Crippen LogP contribution in [0.15, 0.2) is 30.3 Å². The quantitative estimate of drug-likeness (QED) is 0.796. The van der Waals surface area contributed by atoms with Crippen LogP contribution in [0, 0.1) is 5.92 Å². The molecule has 0 unspecified atom stereocenters. The molecule has 1 fully saturated rings. The molecule has 2 rings (SSSR count). The summed E-state index contributed by atoms with van der Waals surface area (Å²) in [6, 6.07) is 9.52. The average molecular weight is 205 g/mol. The number of rotatable bonds is 3. The van der Waals surface area contributed by atoms with Crippen LogP contribution in [0.25, 0.3) is 0 Å². The minimum Gasteiger partial charge on any atom is -0.480 e. The van der Waals surface area contributed by atoms with Crippen LogP contribution >= 0.6 is 0 Å². The Morgan fingerprint density at radius 3 is 2.47 bits per heavy atom. The van der Waals surface area contributed by atoms with Gasteiger partial charge in [-0.3, -0.25) is 0 Å². The lowest BCUT2D eigenvalue weighted by atomic mass is 9.69. The number of benzene rings is 1. The zero-order valence-electron chi connectivity index (χ0n) is 8.73. The van der Waals surface area contributed by atoms with Crippen LogP contribution in [0.3, 0.4) is 0 Å². The highest BCUT2D eigenvalue weighted by atomic mass is 16.4. The van der Waals surface area contributed by atoms with Crippen LogP contribution in [-0.4, -0.2) is 16.6 Å². The van der Waals surface area contributed by atoms with Gasteiger partial charge in [-0.1, -0.05) is 25.1 Å². The van der Waals surface area contributed by atoms with Gasteiger partial charge in [0.05, 0.1) is 0 Å². The first-order valence-corrected chi connectivity index (χ1v) is 5.19. The van der Waals surface area contributed by atoms with Gasteiger partial charge in [0.15, 0.2) is 0 Å². The molecule has 3 nitrogen and oxygen atoms in total. The molecular formula is C12H15NO2. The van der Waals surface area contributed by atoms with Crippen molar-refractivity contribution in [2.75, 3.05) is 5.32 Å². The van der Waals surface area contributed by atoms with Crippen molar-refractivity contribution in [2.45, 2.75) is 25.3 Å². The maximum Gasteiger partial charge on any atom is 0.329 e. The van der Waals surface area contributed by atoms with Crippen LogP contribution in [0.5, 0.6) is 0 Å². The monoisotopic (exact) mass is 205 g/mol. The fraction of sp³-hybridized carbons (Fsp3) is 0.417. The maximum absolute atomic E-state index is 11.2. The molecule has 1 aromatic rings. The fourth-order valence-corrected chi connectivity index (χ4v) is 2.26. The molecule has 15 heavy (non-hydrogen) atoms. The molecule has 3 heteroatoms. The van der Waals surface area contributed by atoms with E-state index in [1.54, 1.807) is 0 Å². The van der Waals surface area contributed by atoms with Gasteiger partial charge >= 0.3 is 5.97 Å². The van der Waals surface area contributed by atoms with Crippen LogP contribution in [0.2, 0.25) is 0 Å². The molecule has 0 aliphatic heterocycles. The first-order chi connectivity index (χ1) is 7.12. The second-order valence-electron chi connectivity index (χ2n) is 4.39. The van der Waals surface area contributed by atoms with Crippen molar-refractivity contribution in [2.24, 2.45) is 5.92 Å². The minimum atomic E-state index is -0.746. The first-order valence-electron chi connectivity index (χ1n) is 5.19. The highest BCUT2D eigenvalue weighted by molar-refractivity contribution is 5.84. The van der Waals surface area contributed by atoms with Crippen molar-refractivity contribution in [3.05, 3.63) is 30.3 Å². The summed E-state index contributed by atoms with van der Waals surface area (Å²) in [5.74, 6) is -0.248. The van der Waals surface area contributed by atoms with Crippen molar-refractivity contribution in [1.82, 2.24) is 0 Å². The number of carboxylic acids is 1. The van der Waals surface area contributed by atoms with Crippen LogP contribution in [0.4, 0.5) is 5.69 Å². The Kier molecular flexibility index (Phi) is 2.39. The van der Waals surface area contributed by atoms with Gasteiger partial charge in [-0.2, -0.15) is 0 Å². The minimum absolute atomic E-state index is 0.498. The number of aliphatic carboxylic acids is 1. The molecule has 0 aromatic heterocycles. The zero-order valence-corrected chi connectivity index (χ0v) is 8.73. The largest absolute Gasteiger partial charge is 0.480 e. The second kappa shape index (κ2) is 3.57. The number of anilines is 1. The zero-order chi connectivity index (χ0) is 10.9. The Morgan fingerprint density at radius 1 is 1.40 bits per heavy atom. The van der Waals surface area contributed by atoms with Gasteiger partial charge in [0.25, 0.3) is 0 Å². The van der Waals surface area contributed by atoms with E-state index in [0.717, 1.165) is 5.69 Å². The van der Waals surface area contributed by atoms with E-state index >= 15 is 0 Å². The van der Waals surface area contributed by atoms with Gasteiger partial charge < -0.3 is 10.4 Å². The fourth-order valence-electron chi connectivity index (χ4n) is 2.26. The SMILES string of the molecule is CC1CC(Nc2ccccc2)(C(=O)O)C1. The smallest absolute Gasteiger partial charge is 0.329 e. The number of carbonyl (C=O) groups is 1. The predicted octanol–water partition coefficient (Wildman–Crippen LogP) is 2.35. The molecule has 0 heterocycles. The van der Waals surface area contributed by atoms with Gasteiger partial charge in [0.2, 0.25) is 0 Å². The molecule has 0 saturated heterocycles. The summed E-state index contributed by atoms with van der Waals surface area (Å²) in [4.78, 5) is 11.2. The normalized spacial score (nSPS) is 29.3. The van der Waals surface area contributed by atoms with Gasteiger partial charge in [-0.15, -0.1) is 0 Å². The van der Waals surface area contributed by atoms with Gasteiger partial charge in [0, 0.05) is 5.69 Å². The summed E-state index contributed by atoms with van der Waals surface area (Å²) in [7, 11) is 0. The molecule has 2 N–H and O–H groups in total. The first kappa shape index (κ1) is 10.0. The highest BCUT2D eigenvalue weighted by Crippen LogP contribution is 2.40. The van der Waals surface area contributed by atoms with E-state index in [1.165, 1.54) is 0 Å². The molecular weight excluding hydrogens is 190 g/mol. The van der Waals surface area contributed by atoms with Crippen molar-refractivity contribution >= 4 is 11.7 Å². The van der Waals surface area contributed by atoms with Crippen LogP contribution in [-0.2, 0) is 4.79 Å². The molecule has 0 bridgehead atoms. The van der Waals surface area contributed by atoms with E-state index in [0.29, 0.717) is 18.8 Å². The van der Waals surface area contributed by atoms with E-state index in [2.05, 4.69) is 12.2 Å². The molecule has 0 radical (unpaired) electrons. The van der Waals surface area contributed by atoms with Crippen molar-refractivity contribution < 1.29 is 9.90 Å². The van der Waals surface area contributed by atoms with Gasteiger partial charge in [0.1, 0.15) is 5.54 Å². The van der Waals surface area contributed by atoms with E-state index < -0.39 is 11.5 Å². The molecule has 1 aliphatic rings. The number of para-hydroxylation sites is 1. The van der Waals surface area contributed by atoms with Gasteiger partial charge in [-0.05, 0) is 30.9 Å². The summed E-state index contributed by atoms with van der Waals surface area (Å²) in [5, 5.41) is 12.3. The Labute approximate surface area is 89.1 Å². The average Bonchev–Trinajstić information content (AvgIpc) is 2.16. The lowest BCUT2D eigenvalue weighted by molar-refractivity contribution is -0.147. The summed E-state index contributed by atoms with van der Waals surface area (Å²) in [6.07, 6.45) is 1.41. The summed E-state index contributed by atoms with van der Waals surface area (Å²) < 4.78 is 0. The van der Waals surface area contributed by atoms with Crippen LogP contribution in [0.1, 0.15) is 19.8 Å². The third-order valence-corrected chi connectivity index (χ3v) is 2.96. The predicted molar refractivity (Wildman–Crippen MR) is 58.8 cm³/mol. The molecule has 0 atom stereocenters.